The highest BCUT2D eigenvalue weighted by Crippen LogP contribution is 2.51. The quantitative estimate of drug-likeness (QED) is 0.750. The van der Waals surface area contributed by atoms with E-state index in [1.54, 1.807) is 0 Å². The summed E-state index contributed by atoms with van der Waals surface area (Å²) in [4.78, 5) is 0. The molecule has 1 nitrogen and oxygen atoms in total. The van der Waals surface area contributed by atoms with Gasteiger partial charge in [-0.25, -0.2) is 0 Å². The van der Waals surface area contributed by atoms with E-state index >= 15 is 0 Å². The average Bonchev–Trinajstić information content (AvgIpc) is 2.34. The second-order valence-corrected chi connectivity index (χ2v) is 4.59. The molecule has 1 N–H and O–H groups in total. The van der Waals surface area contributed by atoms with Crippen molar-refractivity contribution < 1.29 is 49.0 Å². The third-order valence-electron chi connectivity index (χ3n) is 2.91. The smallest absolute Gasteiger partial charge is 0.389 e. The molecule has 1 atom stereocenters. The minimum atomic E-state index is -6.25. The van der Waals surface area contributed by atoms with E-state index in [0.29, 0.717) is 6.92 Å². The molecule has 0 heterocycles. The fourth-order valence-corrected chi connectivity index (χ4v) is 1.87. The van der Waals surface area contributed by atoms with Crippen LogP contribution in [0.1, 0.15) is 29.7 Å². The molecule has 0 bridgehead atoms. The summed E-state index contributed by atoms with van der Waals surface area (Å²) in [5.41, 5.74) is -6.15. The monoisotopic (exact) mass is 358 g/mol. The van der Waals surface area contributed by atoms with Crippen LogP contribution in [-0.2, 0) is 11.8 Å². The number of hydrogen-bond donors (Lipinski definition) is 1. The molecule has 23 heavy (non-hydrogen) atoms. The van der Waals surface area contributed by atoms with Crippen molar-refractivity contribution >= 4 is 0 Å². The van der Waals surface area contributed by atoms with Gasteiger partial charge in [0, 0.05) is 11.1 Å². The third-order valence-corrected chi connectivity index (χ3v) is 2.91. The molecule has 1 unspecified atom stereocenters. The second-order valence-electron chi connectivity index (χ2n) is 4.59. The van der Waals surface area contributed by atoms with Gasteiger partial charge in [0.15, 0.2) is 0 Å². The van der Waals surface area contributed by atoms with Gasteiger partial charge in [0.05, 0.1) is 6.10 Å². The molecule has 0 aliphatic carbocycles. The first-order chi connectivity index (χ1) is 10.0. The zero-order valence-electron chi connectivity index (χ0n) is 11.0. The standard InChI is InChI=1S/C12H8F10O/c1-5(23)8-6(9(13,14)11(17,18)19)3-2-4-7(8)10(15,16)12(20,21)22/h2-5,23H,1H3. The molecule has 132 valence electrons. The van der Waals surface area contributed by atoms with Gasteiger partial charge in [-0.1, -0.05) is 18.2 Å². The number of aliphatic hydroxyl groups excluding tert-OH is 1. The molecule has 0 saturated heterocycles. The number of aliphatic hydroxyl groups is 1. The summed E-state index contributed by atoms with van der Waals surface area (Å²) < 4.78 is 128. The maximum atomic E-state index is 13.4. The van der Waals surface area contributed by atoms with Crippen LogP contribution in [0.2, 0.25) is 0 Å². The molecule has 11 heteroatoms. The maximum absolute atomic E-state index is 13.4. The zero-order valence-corrected chi connectivity index (χ0v) is 11.0. The predicted octanol–water partition coefficient (Wildman–Crippen LogP) is 5.05. The van der Waals surface area contributed by atoms with Crippen LogP contribution in [0.5, 0.6) is 0 Å². The van der Waals surface area contributed by atoms with Crippen molar-refractivity contribution in [2.24, 2.45) is 0 Å². The van der Waals surface area contributed by atoms with Crippen molar-refractivity contribution in [1.82, 2.24) is 0 Å². The lowest BCUT2D eigenvalue weighted by atomic mass is 9.89. The Kier molecular flexibility index (Phi) is 4.70. The minimum Gasteiger partial charge on any atom is -0.389 e. The number of halogens is 10. The van der Waals surface area contributed by atoms with E-state index in [9.17, 15) is 49.0 Å². The predicted molar refractivity (Wildman–Crippen MR) is 57.0 cm³/mol. The van der Waals surface area contributed by atoms with Gasteiger partial charge >= 0.3 is 24.2 Å². The zero-order chi connectivity index (χ0) is 18.4. The topological polar surface area (TPSA) is 20.2 Å². The van der Waals surface area contributed by atoms with Crippen molar-refractivity contribution in [3.63, 3.8) is 0 Å². The average molecular weight is 358 g/mol. The highest BCUT2D eigenvalue weighted by molar-refractivity contribution is 5.43. The first-order valence-electron chi connectivity index (χ1n) is 5.76. The van der Waals surface area contributed by atoms with Crippen LogP contribution >= 0.6 is 0 Å². The number of benzene rings is 1. The molecule has 0 saturated carbocycles. The van der Waals surface area contributed by atoms with Gasteiger partial charge in [0.25, 0.3) is 0 Å². The van der Waals surface area contributed by atoms with E-state index < -0.39 is 47.0 Å². The second kappa shape index (κ2) is 5.53. The number of rotatable bonds is 3. The highest BCUT2D eigenvalue weighted by Gasteiger charge is 2.63. The largest absolute Gasteiger partial charge is 0.458 e. The Hall–Kier alpha value is -1.52. The fourth-order valence-electron chi connectivity index (χ4n) is 1.87. The van der Waals surface area contributed by atoms with Crippen LogP contribution in [0.4, 0.5) is 43.9 Å². The Morgan fingerprint density at radius 1 is 0.739 bits per heavy atom. The third kappa shape index (κ3) is 3.24. The molecule has 1 rings (SSSR count). The molecule has 0 radical (unpaired) electrons. The molecule has 0 aliphatic rings. The summed E-state index contributed by atoms with van der Waals surface area (Å²) in [6.45, 7) is 0.501. The van der Waals surface area contributed by atoms with Gasteiger partial charge in [-0.2, -0.15) is 43.9 Å². The minimum absolute atomic E-state index is 0.0332. The summed E-state index contributed by atoms with van der Waals surface area (Å²) in [6, 6.07) is 0.271. The molecule has 0 amide bonds. The molecule has 1 aromatic rings. The van der Waals surface area contributed by atoms with E-state index in [0.717, 1.165) is 0 Å². The Morgan fingerprint density at radius 2 is 1.04 bits per heavy atom. The molecular weight excluding hydrogens is 350 g/mol. The van der Waals surface area contributed by atoms with E-state index in [2.05, 4.69) is 0 Å². The first kappa shape index (κ1) is 19.5. The van der Waals surface area contributed by atoms with Crippen LogP contribution < -0.4 is 0 Å². The van der Waals surface area contributed by atoms with E-state index in [-0.39, 0.29) is 18.2 Å². The Bertz CT molecular complexity index is 526. The molecule has 1 aromatic carbocycles. The van der Waals surface area contributed by atoms with Gasteiger partial charge in [-0.15, -0.1) is 0 Å². The summed E-state index contributed by atoms with van der Waals surface area (Å²) in [7, 11) is 0. The fraction of sp³-hybridized carbons (Fsp3) is 0.500. The van der Waals surface area contributed by atoms with Crippen molar-refractivity contribution in [3.8, 4) is 0 Å². The first-order valence-corrected chi connectivity index (χ1v) is 5.76. The highest BCUT2D eigenvalue weighted by atomic mass is 19.4. The number of alkyl halides is 10. The van der Waals surface area contributed by atoms with Crippen molar-refractivity contribution in [1.29, 1.82) is 0 Å². The van der Waals surface area contributed by atoms with Gasteiger partial charge in [0.2, 0.25) is 0 Å². The van der Waals surface area contributed by atoms with Crippen molar-refractivity contribution in [2.75, 3.05) is 0 Å². The summed E-state index contributed by atoms with van der Waals surface area (Å²) in [5.74, 6) is -11.5. The van der Waals surface area contributed by atoms with E-state index in [1.807, 2.05) is 0 Å². The van der Waals surface area contributed by atoms with Crippen molar-refractivity contribution in [3.05, 3.63) is 34.9 Å². The lowest BCUT2D eigenvalue weighted by Crippen LogP contribution is -2.38. The Labute approximate surface area is 122 Å². The van der Waals surface area contributed by atoms with Crippen LogP contribution in [0.3, 0.4) is 0 Å². The van der Waals surface area contributed by atoms with Crippen LogP contribution in [-0.4, -0.2) is 17.5 Å². The SMILES string of the molecule is CC(O)c1c(C(F)(F)C(F)(F)F)cccc1C(F)(F)C(F)(F)F. The van der Waals surface area contributed by atoms with Crippen LogP contribution in [0.25, 0.3) is 0 Å². The van der Waals surface area contributed by atoms with Crippen LogP contribution in [0.15, 0.2) is 18.2 Å². The molecule has 0 aliphatic heterocycles. The van der Waals surface area contributed by atoms with Gasteiger partial charge in [-0.05, 0) is 12.5 Å². The molecule has 0 aromatic heterocycles. The lowest BCUT2D eigenvalue weighted by molar-refractivity contribution is -0.293. The van der Waals surface area contributed by atoms with Gasteiger partial charge < -0.3 is 5.11 Å². The van der Waals surface area contributed by atoms with Gasteiger partial charge in [-0.3, -0.25) is 0 Å². The molecular formula is C12H8F10O. The van der Waals surface area contributed by atoms with E-state index in [1.165, 1.54) is 0 Å². The van der Waals surface area contributed by atoms with E-state index in [4.69, 9.17) is 0 Å². The normalized spacial score (nSPS) is 15.7. The van der Waals surface area contributed by atoms with Crippen LogP contribution in [0, 0.1) is 0 Å². The lowest BCUT2D eigenvalue weighted by Gasteiger charge is -2.28. The Morgan fingerprint density at radius 3 is 1.26 bits per heavy atom. The summed E-state index contributed by atoms with van der Waals surface area (Å²) >= 11 is 0. The van der Waals surface area contributed by atoms with Gasteiger partial charge in [0.1, 0.15) is 0 Å². The van der Waals surface area contributed by atoms with Crippen molar-refractivity contribution in [2.45, 2.75) is 37.2 Å². The molecule has 0 spiro atoms. The summed E-state index contributed by atoms with van der Waals surface area (Å²) in [6.07, 6.45) is -14.9. The Balaban J connectivity index is 3.77. The molecule has 0 fully saturated rings. The number of hydrogen-bond acceptors (Lipinski definition) is 1. The maximum Gasteiger partial charge on any atom is 0.458 e. The summed E-state index contributed by atoms with van der Waals surface area (Å²) in [5, 5.41) is 9.24.